The Balaban J connectivity index is -0.000000750. The van der Waals surface area contributed by atoms with Gasteiger partial charge >= 0.3 is 21.7 Å². The number of hydrogen-bond donors (Lipinski definition) is 0. The first-order valence-electron chi connectivity index (χ1n) is 5.69. The third-order valence-corrected chi connectivity index (χ3v) is 8.62. The molecule has 1 aliphatic rings. The first kappa shape index (κ1) is 24.2. The number of hydrogen-bond acceptors (Lipinski definition) is 1. The van der Waals surface area contributed by atoms with E-state index in [1.807, 2.05) is 0 Å². The van der Waals surface area contributed by atoms with Crippen molar-refractivity contribution in [1.29, 1.82) is 0 Å². The van der Waals surface area contributed by atoms with Crippen molar-refractivity contribution in [3.05, 3.63) is 23.8 Å². The molecule has 0 aromatic carbocycles. The topological polar surface area (TPSA) is 9.23 Å². The van der Waals surface area contributed by atoms with Crippen molar-refractivity contribution in [2.45, 2.75) is 45.5 Å². The largest absolute Gasteiger partial charge is 3.00 e. The molecule has 0 aromatic rings. The van der Waals surface area contributed by atoms with Gasteiger partial charge in [-0.1, -0.05) is 26.9 Å². The van der Waals surface area contributed by atoms with E-state index in [9.17, 15) is 0 Å². The van der Waals surface area contributed by atoms with Gasteiger partial charge in [0.25, 0.3) is 0 Å². The van der Waals surface area contributed by atoms with Gasteiger partial charge in [0.2, 0.25) is 0 Å². The second-order valence-electron chi connectivity index (χ2n) is 5.29. The average Bonchev–Trinajstić information content (AvgIpc) is 2.68. The van der Waals surface area contributed by atoms with Crippen LogP contribution in [0.4, 0.5) is 0 Å². The van der Waals surface area contributed by atoms with Crippen LogP contribution in [0.2, 0.25) is 13.1 Å². The minimum absolute atomic E-state index is 0. The molecule has 0 heterocycles. The van der Waals surface area contributed by atoms with Crippen molar-refractivity contribution < 1.29 is 51.0 Å². The summed E-state index contributed by atoms with van der Waals surface area (Å²) in [5, 5.41) is 0.0518. The molecule has 0 fully saturated rings. The Morgan fingerprint density at radius 1 is 1.28 bits per heavy atom. The molecule has 1 atom stereocenters. The van der Waals surface area contributed by atoms with Gasteiger partial charge in [0.1, 0.15) is 10.5 Å². The van der Waals surface area contributed by atoms with Crippen LogP contribution in [0.1, 0.15) is 27.2 Å². The molecule has 1 radical (unpaired) electrons. The number of rotatable bonds is 4. The molecule has 6 heteroatoms. The van der Waals surface area contributed by atoms with E-state index in [0.29, 0.717) is 0 Å². The van der Waals surface area contributed by atoms with Crippen molar-refractivity contribution in [3.8, 4) is 0 Å². The molecule has 0 N–H and O–H groups in total. The first-order chi connectivity index (χ1) is 6.86. The molecule has 1 unspecified atom stereocenters. The smallest absolute Gasteiger partial charge is 1.00 e. The maximum absolute atomic E-state index is 5.98. The monoisotopic (exact) mass is 357 g/mol. The molecule has 18 heavy (non-hydrogen) atoms. The quantitative estimate of drug-likeness (QED) is 0.366. The second-order valence-corrected chi connectivity index (χ2v) is 9.11. The van der Waals surface area contributed by atoms with Crippen LogP contribution in [0.15, 0.2) is 17.7 Å². The molecule has 103 valence electrons. The number of halogens is 2. The Labute approximate surface area is 144 Å². The predicted molar refractivity (Wildman–Crippen MR) is 72.6 cm³/mol. The summed E-state index contributed by atoms with van der Waals surface area (Å²) in [4.78, 5) is 0. The Bertz CT molecular complexity index is 306. The van der Waals surface area contributed by atoms with Crippen LogP contribution in [-0.4, -0.2) is 24.5 Å². The van der Waals surface area contributed by atoms with E-state index in [1.165, 1.54) is 5.57 Å². The Morgan fingerprint density at radius 3 is 2.06 bits per heavy atom. The SMILES string of the molecule is C[SiH](C)C(C)(O[SiH3])C(C)(C)C1=[C-]CC=C1.[Cl-].[Cl-].[Ti+3]. The van der Waals surface area contributed by atoms with E-state index in [-0.39, 0.29) is 57.2 Å². The molecule has 0 aromatic heterocycles. The molecule has 0 aliphatic heterocycles. The van der Waals surface area contributed by atoms with Crippen molar-refractivity contribution in [2.24, 2.45) is 5.41 Å². The van der Waals surface area contributed by atoms with E-state index < -0.39 is 8.80 Å². The molecule has 1 aliphatic carbocycles. The van der Waals surface area contributed by atoms with Gasteiger partial charge in [0, 0.05) is 5.22 Å². The van der Waals surface area contributed by atoms with Crippen LogP contribution < -0.4 is 24.8 Å². The van der Waals surface area contributed by atoms with Gasteiger partial charge in [0.15, 0.2) is 0 Å². The van der Waals surface area contributed by atoms with Crippen LogP contribution in [0.3, 0.4) is 0 Å². The zero-order valence-corrected chi connectivity index (χ0v) is 18.3. The third-order valence-electron chi connectivity index (χ3n) is 4.13. The molecule has 0 saturated heterocycles. The van der Waals surface area contributed by atoms with Crippen LogP contribution in [0.5, 0.6) is 0 Å². The standard InChI is InChI=1S/C12H23OSi2.2ClH.Ti/c1-11(2,10-8-6-7-9-10)12(3,13-14)15(4)5;;;/h6,8,15H,7H2,1-5,14H3;2*1H;/q-1;;;+3/p-2. The van der Waals surface area contributed by atoms with Crippen LogP contribution in [0, 0.1) is 11.5 Å². The predicted octanol–water partition coefficient (Wildman–Crippen LogP) is -4.21. The molecule has 0 amide bonds. The van der Waals surface area contributed by atoms with Crippen molar-refractivity contribution in [1.82, 2.24) is 0 Å². The fraction of sp³-hybridized carbons (Fsp3) is 0.667. The van der Waals surface area contributed by atoms with E-state index in [0.717, 1.165) is 16.9 Å². The van der Waals surface area contributed by atoms with Crippen LogP contribution in [0.25, 0.3) is 0 Å². The maximum atomic E-state index is 5.98. The fourth-order valence-electron chi connectivity index (χ4n) is 2.31. The first-order valence-corrected chi connectivity index (χ1v) is 9.39. The maximum Gasteiger partial charge on any atom is 3.00 e. The molecular weight excluding hydrogens is 335 g/mol. The minimum Gasteiger partial charge on any atom is -1.00 e. The van der Waals surface area contributed by atoms with Gasteiger partial charge in [-0.25, -0.2) is 11.6 Å². The van der Waals surface area contributed by atoms with Gasteiger partial charge in [0.05, 0.1) is 8.80 Å². The van der Waals surface area contributed by atoms with Crippen molar-refractivity contribution >= 4 is 19.3 Å². The zero-order valence-electron chi connectivity index (χ0n) is 12.1. The molecular formula is C12H23Cl2OSi2Ti. The summed E-state index contributed by atoms with van der Waals surface area (Å²) in [6.45, 7) is 11.6. The van der Waals surface area contributed by atoms with Gasteiger partial charge in [-0.2, -0.15) is 6.08 Å². The third kappa shape index (κ3) is 4.34. The molecule has 0 spiro atoms. The minimum atomic E-state index is -0.864. The summed E-state index contributed by atoms with van der Waals surface area (Å²) in [6.07, 6.45) is 8.83. The van der Waals surface area contributed by atoms with E-state index in [1.54, 1.807) is 0 Å². The molecule has 1 nitrogen and oxygen atoms in total. The van der Waals surface area contributed by atoms with Gasteiger partial charge in [-0.05, 0) is 12.3 Å². The van der Waals surface area contributed by atoms with Crippen LogP contribution >= 0.6 is 0 Å². The zero-order chi connectivity index (χ0) is 11.7. The van der Waals surface area contributed by atoms with Crippen molar-refractivity contribution in [3.63, 3.8) is 0 Å². The number of allylic oxidation sites excluding steroid dienone is 3. The summed E-state index contributed by atoms with van der Waals surface area (Å²) < 4.78 is 5.98. The molecule has 0 saturated carbocycles. The van der Waals surface area contributed by atoms with E-state index in [2.05, 4.69) is 52.1 Å². The summed E-state index contributed by atoms with van der Waals surface area (Å²) in [5.41, 5.74) is 1.43. The Kier molecular flexibility index (Phi) is 12.3. The summed E-state index contributed by atoms with van der Waals surface area (Å²) >= 11 is 0. The van der Waals surface area contributed by atoms with E-state index >= 15 is 0 Å². The molecule has 0 bridgehead atoms. The normalized spacial score (nSPS) is 17.3. The Hall–Kier alpha value is 1.17. The van der Waals surface area contributed by atoms with Crippen LogP contribution in [-0.2, 0) is 26.1 Å². The van der Waals surface area contributed by atoms with Gasteiger partial charge < -0.3 is 29.2 Å². The van der Waals surface area contributed by atoms with Gasteiger partial charge in [-0.15, -0.1) is 6.42 Å². The summed E-state index contributed by atoms with van der Waals surface area (Å²) in [6, 6.07) is 0. The summed E-state index contributed by atoms with van der Waals surface area (Å²) in [7, 11) is -0.0477. The van der Waals surface area contributed by atoms with E-state index in [4.69, 9.17) is 4.43 Å². The summed E-state index contributed by atoms with van der Waals surface area (Å²) in [5.74, 6) is 0. The average molecular weight is 358 g/mol. The fourth-order valence-corrected chi connectivity index (χ4v) is 6.31. The van der Waals surface area contributed by atoms with Gasteiger partial charge in [-0.3, -0.25) is 6.08 Å². The van der Waals surface area contributed by atoms with Crippen molar-refractivity contribution in [2.75, 3.05) is 0 Å². The Morgan fingerprint density at radius 2 is 1.78 bits per heavy atom. The second kappa shape index (κ2) is 9.17. The molecule has 1 rings (SSSR count).